The number of carbonyl (C=O) groups is 2. The fraction of sp³-hybridized carbons (Fsp3) is 0.556. The van der Waals surface area contributed by atoms with Crippen LogP contribution in [0.3, 0.4) is 0 Å². The van der Waals surface area contributed by atoms with Gasteiger partial charge in [0.25, 0.3) is 0 Å². The van der Waals surface area contributed by atoms with Crippen LogP contribution in [0.1, 0.15) is 24.8 Å². The number of halogens is 1. The van der Waals surface area contributed by atoms with Gasteiger partial charge in [0.05, 0.1) is 25.2 Å². The molecule has 26 heavy (non-hydrogen) atoms. The maximum atomic E-state index is 11.5. The number of hydrogen-bond acceptors (Lipinski definition) is 5. The first-order valence-electron chi connectivity index (χ1n) is 8.46. The molecule has 8 heteroatoms. The van der Waals surface area contributed by atoms with Crippen molar-refractivity contribution in [1.82, 2.24) is 10.2 Å². The molecular weight excluding hydrogens is 360 g/mol. The number of rotatable bonds is 12. The monoisotopic (exact) mass is 386 g/mol. The first-order chi connectivity index (χ1) is 12.3. The van der Waals surface area contributed by atoms with Crippen molar-refractivity contribution in [2.24, 2.45) is 0 Å². The quantitative estimate of drug-likeness (QED) is 0.535. The van der Waals surface area contributed by atoms with Crippen molar-refractivity contribution in [1.29, 1.82) is 0 Å². The molecule has 1 aromatic carbocycles. The van der Waals surface area contributed by atoms with Gasteiger partial charge in [0.1, 0.15) is 0 Å². The minimum absolute atomic E-state index is 0.0286. The average Bonchev–Trinajstić information content (AvgIpc) is 2.57. The summed E-state index contributed by atoms with van der Waals surface area (Å²) in [6.07, 6.45) is 1.22. The highest BCUT2D eigenvalue weighted by Crippen LogP contribution is 2.36. The molecule has 0 aliphatic heterocycles. The summed E-state index contributed by atoms with van der Waals surface area (Å²) < 4.78 is 11.1. The molecule has 0 aliphatic rings. The predicted octanol–water partition coefficient (Wildman–Crippen LogP) is 2.20. The average molecular weight is 387 g/mol. The van der Waals surface area contributed by atoms with E-state index in [0.717, 1.165) is 18.5 Å². The fourth-order valence-electron chi connectivity index (χ4n) is 2.27. The highest BCUT2D eigenvalue weighted by Gasteiger charge is 2.12. The molecule has 0 saturated carbocycles. The van der Waals surface area contributed by atoms with Crippen molar-refractivity contribution in [3.05, 3.63) is 22.7 Å². The van der Waals surface area contributed by atoms with E-state index in [9.17, 15) is 9.59 Å². The molecule has 1 rings (SSSR count). The van der Waals surface area contributed by atoms with Gasteiger partial charge in [-0.25, -0.2) is 0 Å². The van der Waals surface area contributed by atoms with Crippen LogP contribution in [0.2, 0.25) is 5.02 Å². The molecule has 0 saturated heterocycles. The standard InChI is InChI=1S/C18H27ClN2O5/c1-21(2)9-4-10-26-18-14(19)11-13(12-15(18)25-3)7-8-20-16(22)5-6-17(23)24/h11-12H,4-10H2,1-3H3,(H,20,22)(H,23,24). The normalized spacial score (nSPS) is 10.7. The second kappa shape index (κ2) is 11.6. The third-order valence-corrected chi connectivity index (χ3v) is 3.87. The Morgan fingerprint density at radius 3 is 2.62 bits per heavy atom. The Hall–Kier alpha value is -1.99. The predicted molar refractivity (Wildman–Crippen MR) is 100 cm³/mol. The van der Waals surface area contributed by atoms with E-state index in [2.05, 4.69) is 10.2 Å². The maximum Gasteiger partial charge on any atom is 0.303 e. The second-order valence-corrected chi connectivity index (χ2v) is 6.52. The molecule has 0 fully saturated rings. The summed E-state index contributed by atoms with van der Waals surface area (Å²) in [6, 6.07) is 3.62. The number of methoxy groups -OCH3 is 1. The highest BCUT2D eigenvalue weighted by molar-refractivity contribution is 6.32. The lowest BCUT2D eigenvalue weighted by Gasteiger charge is -2.15. The van der Waals surface area contributed by atoms with Crippen LogP contribution in [-0.4, -0.2) is 62.8 Å². The number of benzene rings is 1. The number of hydrogen-bond donors (Lipinski definition) is 2. The molecule has 0 aromatic heterocycles. The molecule has 0 radical (unpaired) electrons. The first kappa shape index (κ1) is 22.1. The van der Waals surface area contributed by atoms with Crippen LogP contribution in [0.4, 0.5) is 0 Å². The van der Waals surface area contributed by atoms with E-state index in [1.807, 2.05) is 20.2 Å². The van der Waals surface area contributed by atoms with Crippen LogP contribution in [0, 0.1) is 0 Å². The van der Waals surface area contributed by atoms with Gasteiger partial charge < -0.3 is 24.8 Å². The van der Waals surface area contributed by atoms with Gasteiger partial charge in [-0.3, -0.25) is 9.59 Å². The topological polar surface area (TPSA) is 88.1 Å². The minimum atomic E-state index is -0.988. The van der Waals surface area contributed by atoms with E-state index in [0.29, 0.717) is 36.1 Å². The van der Waals surface area contributed by atoms with Crippen LogP contribution >= 0.6 is 11.6 Å². The molecule has 0 atom stereocenters. The molecule has 0 heterocycles. The Balaban J connectivity index is 2.56. The lowest BCUT2D eigenvalue weighted by atomic mass is 10.1. The van der Waals surface area contributed by atoms with Crippen LogP contribution in [0.5, 0.6) is 11.5 Å². The molecule has 0 aliphatic carbocycles. The second-order valence-electron chi connectivity index (χ2n) is 6.11. The van der Waals surface area contributed by atoms with Crippen molar-refractivity contribution in [3.63, 3.8) is 0 Å². The van der Waals surface area contributed by atoms with Gasteiger partial charge in [0.15, 0.2) is 11.5 Å². The third-order valence-electron chi connectivity index (χ3n) is 3.59. The van der Waals surface area contributed by atoms with Crippen LogP contribution in [0.25, 0.3) is 0 Å². The number of carboxylic acid groups (broad SMARTS) is 1. The Labute approximate surface area is 159 Å². The number of nitrogens with one attached hydrogen (secondary N) is 1. The number of carboxylic acids is 1. The van der Waals surface area contributed by atoms with E-state index in [1.165, 1.54) is 0 Å². The molecule has 2 N–H and O–H groups in total. The van der Waals surface area contributed by atoms with Crippen LogP contribution in [0.15, 0.2) is 12.1 Å². The van der Waals surface area contributed by atoms with Crippen molar-refractivity contribution in [2.45, 2.75) is 25.7 Å². The molecule has 1 amide bonds. The highest BCUT2D eigenvalue weighted by atomic mass is 35.5. The summed E-state index contributed by atoms with van der Waals surface area (Å²) in [6.45, 7) is 1.84. The smallest absolute Gasteiger partial charge is 0.303 e. The molecule has 146 valence electrons. The Morgan fingerprint density at radius 2 is 2.00 bits per heavy atom. The zero-order chi connectivity index (χ0) is 19.5. The van der Waals surface area contributed by atoms with Crippen molar-refractivity contribution < 1.29 is 24.2 Å². The van der Waals surface area contributed by atoms with Crippen molar-refractivity contribution >= 4 is 23.5 Å². The van der Waals surface area contributed by atoms with Crippen molar-refractivity contribution in [2.75, 3.05) is 40.9 Å². The largest absolute Gasteiger partial charge is 0.493 e. The Morgan fingerprint density at radius 1 is 1.27 bits per heavy atom. The summed E-state index contributed by atoms with van der Waals surface area (Å²) in [7, 11) is 5.56. The maximum absolute atomic E-state index is 11.5. The molecule has 0 spiro atoms. The van der Waals surface area contributed by atoms with Crippen LogP contribution in [-0.2, 0) is 16.0 Å². The van der Waals surface area contributed by atoms with Gasteiger partial charge in [-0.1, -0.05) is 11.6 Å². The fourth-order valence-corrected chi connectivity index (χ4v) is 2.56. The van der Waals surface area contributed by atoms with E-state index < -0.39 is 5.97 Å². The van der Waals surface area contributed by atoms with E-state index >= 15 is 0 Å². The molecule has 0 unspecified atom stereocenters. The van der Waals surface area contributed by atoms with Crippen molar-refractivity contribution in [3.8, 4) is 11.5 Å². The first-order valence-corrected chi connectivity index (χ1v) is 8.83. The molecule has 7 nitrogen and oxygen atoms in total. The lowest BCUT2D eigenvalue weighted by Crippen LogP contribution is -2.26. The van der Waals surface area contributed by atoms with Gasteiger partial charge in [-0.05, 0) is 44.6 Å². The minimum Gasteiger partial charge on any atom is -0.493 e. The van der Waals surface area contributed by atoms with E-state index in [-0.39, 0.29) is 18.7 Å². The van der Waals surface area contributed by atoms with Gasteiger partial charge in [0, 0.05) is 19.5 Å². The molecular formula is C18H27ClN2O5. The number of amides is 1. The van der Waals surface area contributed by atoms with Gasteiger partial charge in [0.2, 0.25) is 5.91 Å². The van der Waals surface area contributed by atoms with Gasteiger partial charge in [-0.15, -0.1) is 0 Å². The van der Waals surface area contributed by atoms with Gasteiger partial charge >= 0.3 is 5.97 Å². The number of aliphatic carboxylic acids is 1. The summed E-state index contributed by atoms with van der Waals surface area (Å²) in [5.41, 5.74) is 0.894. The summed E-state index contributed by atoms with van der Waals surface area (Å²) in [5, 5.41) is 11.7. The Bertz CT molecular complexity index is 607. The number of ether oxygens (including phenoxy) is 2. The van der Waals surface area contributed by atoms with Gasteiger partial charge in [-0.2, -0.15) is 0 Å². The summed E-state index contributed by atoms with van der Waals surface area (Å²) in [4.78, 5) is 24.1. The zero-order valence-electron chi connectivity index (χ0n) is 15.5. The summed E-state index contributed by atoms with van der Waals surface area (Å²) in [5.74, 6) is -0.208. The molecule has 0 bridgehead atoms. The SMILES string of the molecule is COc1cc(CCNC(=O)CCC(=O)O)cc(Cl)c1OCCCN(C)C. The third kappa shape index (κ3) is 8.40. The summed E-state index contributed by atoms with van der Waals surface area (Å²) >= 11 is 6.31. The molecule has 1 aromatic rings. The Kier molecular flexibility index (Phi) is 9.83. The van der Waals surface area contributed by atoms with E-state index in [4.69, 9.17) is 26.2 Å². The zero-order valence-corrected chi connectivity index (χ0v) is 16.3. The van der Waals surface area contributed by atoms with E-state index in [1.54, 1.807) is 13.2 Å². The van der Waals surface area contributed by atoms with Crippen LogP contribution < -0.4 is 14.8 Å². The number of carbonyl (C=O) groups excluding carboxylic acids is 1. The lowest BCUT2D eigenvalue weighted by molar-refractivity contribution is -0.138. The number of nitrogens with zero attached hydrogens (tertiary/aromatic N) is 1.